The highest BCUT2D eigenvalue weighted by molar-refractivity contribution is 6.09. The lowest BCUT2D eigenvalue weighted by Gasteiger charge is -2.28. The molecule has 0 fully saturated rings. The minimum absolute atomic E-state index is 0.0294. The van der Waals surface area contributed by atoms with Gasteiger partial charge in [0.15, 0.2) is 0 Å². The Bertz CT molecular complexity index is 3320. The Morgan fingerprint density at radius 1 is 0.412 bits per heavy atom. The van der Waals surface area contributed by atoms with Gasteiger partial charge in [-0.3, -0.25) is 4.57 Å². The van der Waals surface area contributed by atoms with Gasteiger partial charge in [-0.1, -0.05) is 167 Å². The molecule has 0 amide bonds. The van der Waals surface area contributed by atoms with Crippen LogP contribution in [-0.4, -0.2) is 16.2 Å². The van der Waals surface area contributed by atoms with E-state index in [2.05, 4.69) is 260 Å². The average Bonchev–Trinajstić information content (AvgIpc) is 3.87. The Balaban J connectivity index is 1.08. The number of benzene rings is 7. The molecular formula is C63H64N4O. The van der Waals surface area contributed by atoms with Crippen LogP contribution in [0.3, 0.4) is 0 Å². The van der Waals surface area contributed by atoms with Crippen molar-refractivity contribution in [3.8, 4) is 28.4 Å². The van der Waals surface area contributed by atoms with Gasteiger partial charge in [0.05, 0.1) is 22.4 Å². The lowest BCUT2D eigenvalue weighted by molar-refractivity contribution is 0.479. The molecule has 1 aliphatic rings. The predicted octanol–water partition coefficient (Wildman–Crippen LogP) is 17.1. The van der Waals surface area contributed by atoms with E-state index < -0.39 is 0 Å². The van der Waals surface area contributed by atoms with Crippen molar-refractivity contribution < 1.29 is 4.74 Å². The Kier molecular flexibility index (Phi) is 10.9. The fraction of sp³-hybridized carbons (Fsp3) is 0.254. The number of para-hydroxylation sites is 1. The van der Waals surface area contributed by atoms with Crippen molar-refractivity contribution in [3.63, 3.8) is 0 Å². The molecule has 342 valence electrons. The molecule has 10 rings (SSSR count). The van der Waals surface area contributed by atoms with Crippen molar-refractivity contribution >= 4 is 44.6 Å². The van der Waals surface area contributed by atoms with E-state index in [-0.39, 0.29) is 21.7 Å². The molecule has 0 bridgehead atoms. The summed E-state index contributed by atoms with van der Waals surface area (Å²) >= 11 is 0. The van der Waals surface area contributed by atoms with E-state index in [1.807, 2.05) is 6.20 Å². The van der Waals surface area contributed by atoms with Gasteiger partial charge in [-0.2, -0.15) is 0 Å². The van der Waals surface area contributed by atoms with Crippen LogP contribution in [-0.2, 0) is 21.7 Å². The third kappa shape index (κ3) is 8.33. The van der Waals surface area contributed by atoms with Crippen molar-refractivity contribution in [3.05, 3.63) is 204 Å². The Hall–Kier alpha value is -7.11. The first-order chi connectivity index (χ1) is 32.3. The van der Waals surface area contributed by atoms with Gasteiger partial charge in [-0.25, -0.2) is 4.98 Å². The van der Waals surface area contributed by atoms with E-state index in [9.17, 15) is 0 Å². The summed E-state index contributed by atoms with van der Waals surface area (Å²) in [4.78, 5) is 9.99. The normalized spacial score (nSPS) is 13.4. The number of hydrogen-bond acceptors (Lipinski definition) is 4. The minimum atomic E-state index is -0.218. The van der Waals surface area contributed by atoms with Gasteiger partial charge in [0.25, 0.3) is 0 Å². The van der Waals surface area contributed by atoms with Gasteiger partial charge in [0.2, 0.25) is 0 Å². The number of anilines is 4. The van der Waals surface area contributed by atoms with E-state index in [0.717, 1.165) is 39.4 Å². The van der Waals surface area contributed by atoms with E-state index in [1.54, 1.807) is 0 Å². The highest BCUT2D eigenvalue weighted by atomic mass is 16.5. The Labute approximate surface area is 403 Å². The molecule has 0 saturated heterocycles. The van der Waals surface area contributed by atoms with E-state index in [4.69, 9.17) is 9.72 Å². The lowest BCUT2D eigenvalue weighted by Crippen LogP contribution is -2.25. The molecule has 5 nitrogen and oxygen atoms in total. The molecule has 9 aromatic rings. The molecule has 3 heterocycles. The van der Waals surface area contributed by atoms with Crippen molar-refractivity contribution in [2.75, 3.05) is 16.5 Å². The highest BCUT2D eigenvalue weighted by Gasteiger charge is 2.33. The summed E-state index contributed by atoms with van der Waals surface area (Å²) in [6, 6.07) is 62.0. The van der Waals surface area contributed by atoms with Crippen LogP contribution in [0.2, 0.25) is 0 Å². The number of fused-ring (bicyclic) bond motifs is 4. The summed E-state index contributed by atoms with van der Waals surface area (Å²) in [7, 11) is 0. The first-order valence-electron chi connectivity index (χ1n) is 24.1. The molecule has 0 aliphatic carbocycles. The topological polar surface area (TPSA) is 33.5 Å². The molecule has 0 N–H and O–H groups in total. The zero-order valence-corrected chi connectivity index (χ0v) is 41.6. The molecule has 2 aromatic heterocycles. The molecule has 5 heteroatoms. The maximum Gasteiger partial charge on any atom is 0.137 e. The molecule has 0 atom stereocenters. The Morgan fingerprint density at radius 2 is 1.03 bits per heavy atom. The smallest absolute Gasteiger partial charge is 0.137 e. The zero-order chi connectivity index (χ0) is 47.8. The van der Waals surface area contributed by atoms with Gasteiger partial charge in [0, 0.05) is 45.9 Å². The molecule has 0 unspecified atom stereocenters. The first-order valence-corrected chi connectivity index (χ1v) is 24.1. The van der Waals surface area contributed by atoms with Crippen LogP contribution < -0.4 is 14.5 Å². The second-order valence-electron chi connectivity index (χ2n) is 22.3. The van der Waals surface area contributed by atoms with E-state index in [0.29, 0.717) is 6.67 Å². The molecule has 68 heavy (non-hydrogen) atoms. The third-order valence-electron chi connectivity index (χ3n) is 14.1. The van der Waals surface area contributed by atoms with Crippen LogP contribution in [0.4, 0.5) is 22.7 Å². The van der Waals surface area contributed by atoms with Crippen molar-refractivity contribution in [1.29, 1.82) is 0 Å². The van der Waals surface area contributed by atoms with Crippen molar-refractivity contribution in [2.24, 2.45) is 0 Å². The quantitative estimate of drug-likeness (QED) is 0.152. The maximum absolute atomic E-state index is 7.07. The minimum Gasteiger partial charge on any atom is -0.457 e. The van der Waals surface area contributed by atoms with Crippen LogP contribution in [0, 0.1) is 0 Å². The number of nitrogens with zero attached hydrogens (tertiary/aromatic N) is 4. The van der Waals surface area contributed by atoms with Gasteiger partial charge < -0.3 is 14.5 Å². The zero-order valence-electron chi connectivity index (χ0n) is 41.6. The molecular weight excluding hydrogens is 829 g/mol. The van der Waals surface area contributed by atoms with Gasteiger partial charge >= 0.3 is 0 Å². The van der Waals surface area contributed by atoms with Gasteiger partial charge in [-0.15, -0.1) is 0 Å². The summed E-state index contributed by atoms with van der Waals surface area (Å²) in [5.41, 5.74) is 15.1. The SMILES string of the molecule is CC(C)(C)c1cc(Oc2ccc3c4ccccc4n(-c4cc(C(C)(C)c5ccccc5)ccn4)c3c2)cc(N2CN(c3cc(-c4ccccc4)cc(C(C)(C)C)c3)c3ccc(C(C)(C)C)cc32)c1. The fourth-order valence-electron chi connectivity index (χ4n) is 9.75. The highest BCUT2D eigenvalue weighted by Crippen LogP contribution is 2.49. The fourth-order valence-corrected chi connectivity index (χ4v) is 9.75. The number of pyridine rings is 1. The largest absolute Gasteiger partial charge is 0.457 e. The van der Waals surface area contributed by atoms with Gasteiger partial charge in [-0.05, 0) is 122 Å². The molecule has 0 radical (unpaired) electrons. The summed E-state index contributed by atoms with van der Waals surface area (Å²) in [6.45, 7) is 25.9. The number of aromatic nitrogens is 2. The second kappa shape index (κ2) is 16.6. The maximum atomic E-state index is 7.07. The standard InChI is InChI=1S/C63H64N4O/c1-60(2,3)45-26-29-56-58(37-45)66(41-65(56)49-33-43(42-20-14-12-15-21-42)32-47(34-49)61(4,5)6)50-35-48(62(7,8)9)36-52(39-50)68-51-27-28-54-53-24-18-19-25-55(53)67(57(54)40-51)59-38-46(30-31-64-59)63(10,11)44-22-16-13-17-23-44/h12-40H,41H2,1-11H3. The third-order valence-corrected chi connectivity index (χ3v) is 14.1. The van der Waals surface area contributed by atoms with Crippen LogP contribution >= 0.6 is 0 Å². The van der Waals surface area contributed by atoms with Crippen molar-refractivity contribution in [1.82, 2.24) is 9.55 Å². The van der Waals surface area contributed by atoms with Crippen LogP contribution in [0.15, 0.2) is 176 Å². The molecule has 1 aliphatic heterocycles. The van der Waals surface area contributed by atoms with Crippen LogP contribution in [0.1, 0.15) is 104 Å². The summed E-state index contributed by atoms with van der Waals surface area (Å²) in [5.74, 6) is 2.44. The van der Waals surface area contributed by atoms with Gasteiger partial charge in [0.1, 0.15) is 24.0 Å². The number of ether oxygens (including phenoxy) is 1. The van der Waals surface area contributed by atoms with E-state index >= 15 is 0 Å². The monoisotopic (exact) mass is 893 g/mol. The van der Waals surface area contributed by atoms with Crippen LogP contribution in [0.5, 0.6) is 11.5 Å². The van der Waals surface area contributed by atoms with Crippen LogP contribution in [0.25, 0.3) is 38.8 Å². The Morgan fingerprint density at radius 3 is 1.74 bits per heavy atom. The first kappa shape index (κ1) is 44.7. The summed E-state index contributed by atoms with van der Waals surface area (Å²) in [6.07, 6.45) is 1.95. The average molecular weight is 893 g/mol. The predicted molar refractivity (Wildman–Crippen MR) is 287 cm³/mol. The van der Waals surface area contributed by atoms with E-state index in [1.165, 1.54) is 61.4 Å². The second-order valence-corrected chi connectivity index (χ2v) is 22.3. The molecule has 0 spiro atoms. The lowest BCUT2D eigenvalue weighted by atomic mass is 9.78. The summed E-state index contributed by atoms with van der Waals surface area (Å²) in [5, 5.41) is 2.33. The number of rotatable bonds is 8. The molecule has 0 saturated carbocycles. The molecule has 7 aromatic carbocycles. The van der Waals surface area contributed by atoms with Crippen molar-refractivity contribution in [2.45, 2.75) is 97.8 Å². The summed E-state index contributed by atoms with van der Waals surface area (Å²) < 4.78 is 9.36. The number of hydrogen-bond donors (Lipinski definition) is 0.